The molecule has 0 spiro atoms. The van der Waals surface area contributed by atoms with Gasteiger partial charge in [0.1, 0.15) is 0 Å². The smallest absolute Gasteiger partial charge is 0.303 e. The highest BCUT2D eigenvalue weighted by atomic mass is 16.4. The van der Waals surface area contributed by atoms with Gasteiger partial charge in [-0.25, -0.2) is 0 Å². The summed E-state index contributed by atoms with van der Waals surface area (Å²) in [7, 11) is 0. The van der Waals surface area contributed by atoms with Crippen molar-refractivity contribution in [3.8, 4) is 0 Å². The number of aliphatic hydroxyl groups excluding tert-OH is 1. The standard InChI is InChI=1S/C10H21NO3/c1-8(3-2-4-12)5-9(7-11)6-10(13)14/h8-9,12H,2-7,11H2,1H3,(H,13,14)/t8-,9+/m1/s1. The van der Waals surface area contributed by atoms with Gasteiger partial charge >= 0.3 is 5.97 Å². The maximum Gasteiger partial charge on any atom is 0.303 e. The fraction of sp³-hybridized carbons (Fsp3) is 0.900. The molecule has 4 nitrogen and oxygen atoms in total. The first-order valence-electron chi connectivity index (χ1n) is 5.12. The molecule has 0 aliphatic heterocycles. The van der Waals surface area contributed by atoms with Crippen LogP contribution in [0.25, 0.3) is 0 Å². The van der Waals surface area contributed by atoms with Crippen LogP contribution in [0.5, 0.6) is 0 Å². The van der Waals surface area contributed by atoms with Crippen molar-refractivity contribution in [2.24, 2.45) is 17.6 Å². The van der Waals surface area contributed by atoms with Gasteiger partial charge in [0, 0.05) is 13.0 Å². The van der Waals surface area contributed by atoms with Crippen LogP contribution in [0.15, 0.2) is 0 Å². The van der Waals surface area contributed by atoms with Crippen LogP contribution in [0.3, 0.4) is 0 Å². The summed E-state index contributed by atoms with van der Waals surface area (Å²) in [6.45, 7) is 2.70. The van der Waals surface area contributed by atoms with E-state index in [0.29, 0.717) is 12.5 Å². The lowest BCUT2D eigenvalue weighted by molar-refractivity contribution is -0.138. The lowest BCUT2D eigenvalue weighted by atomic mass is 9.90. The molecule has 2 atom stereocenters. The molecule has 0 amide bonds. The van der Waals surface area contributed by atoms with E-state index in [0.717, 1.165) is 19.3 Å². The molecule has 0 aliphatic carbocycles. The summed E-state index contributed by atoms with van der Waals surface area (Å²) in [6.07, 6.45) is 2.71. The summed E-state index contributed by atoms with van der Waals surface area (Å²) in [4.78, 5) is 10.5. The third kappa shape index (κ3) is 6.86. The van der Waals surface area contributed by atoms with Gasteiger partial charge in [0.2, 0.25) is 0 Å². The molecule has 0 aromatic rings. The van der Waals surface area contributed by atoms with Crippen molar-refractivity contribution in [3.63, 3.8) is 0 Å². The number of hydrogen-bond donors (Lipinski definition) is 3. The Kier molecular flexibility index (Phi) is 7.42. The molecule has 0 saturated heterocycles. The number of carboxylic acid groups (broad SMARTS) is 1. The molecule has 4 N–H and O–H groups in total. The Labute approximate surface area is 85.1 Å². The van der Waals surface area contributed by atoms with Gasteiger partial charge in [-0.1, -0.05) is 6.92 Å². The number of aliphatic carboxylic acids is 1. The van der Waals surface area contributed by atoms with Gasteiger partial charge < -0.3 is 15.9 Å². The van der Waals surface area contributed by atoms with E-state index in [1.165, 1.54) is 0 Å². The largest absolute Gasteiger partial charge is 0.481 e. The van der Waals surface area contributed by atoms with E-state index in [1.54, 1.807) is 0 Å². The molecule has 0 unspecified atom stereocenters. The van der Waals surface area contributed by atoms with Crippen LogP contribution in [0.4, 0.5) is 0 Å². The van der Waals surface area contributed by atoms with Crippen LogP contribution in [0.1, 0.15) is 32.6 Å². The minimum Gasteiger partial charge on any atom is -0.481 e. The zero-order chi connectivity index (χ0) is 11.0. The highest BCUT2D eigenvalue weighted by Crippen LogP contribution is 2.18. The highest BCUT2D eigenvalue weighted by molar-refractivity contribution is 5.67. The zero-order valence-electron chi connectivity index (χ0n) is 8.78. The van der Waals surface area contributed by atoms with Crippen molar-refractivity contribution in [2.45, 2.75) is 32.6 Å². The van der Waals surface area contributed by atoms with E-state index in [-0.39, 0.29) is 18.9 Å². The second kappa shape index (κ2) is 7.76. The fourth-order valence-electron chi connectivity index (χ4n) is 1.64. The quantitative estimate of drug-likeness (QED) is 0.545. The Morgan fingerprint density at radius 1 is 1.50 bits per heavy atom. The van der Waals surface area contributed by atoms with Crippen LogP contribution in [0, 0.1) is 11.8 Å². The number of nitrogens with two attached hydrogens (primary N) is 1. The highest BCUT2D eigenvalue weighted by Gasteiger charge is 2.14. The molecule has 0 rings (SSSR count). The van der Waals surface area contributed by atoms with Crippen LogP contribution in [-0.4, -0.2) is 29.3 Å². The van der Waals surface area contributed by atoms with Crippen molar-refractivity contribution >= 4 is 5.97 Å². The summed E-state index contributed by atoms with van der Waals surface area (Å²) in [5, 5.41) is 17.2. The molecule has 0 radical (unpaired) electrons. The van der Waals surface area contributed by atoms with Crippen LogP contribution in [0.2, 0.25) is 0 Å². The van der Waals surface area contributed by atoms with Crippen LogP contribution >= 0.6 is 0 Å². The zero-order valence-corrected chi connectivity index (χ0v) is 8.78. The number of aliphatic hydroxyl groups is 1. The summed E-state index contributed by atoms with van der Waals surface area (Å²) >= 11 is 0. The summed E-state index contributed by atoms with van der Waals surface area (Å²) in [6, 6.07) is 0. The number of carboxylic acids is 1. The van der Waals surface area contributed by atoms with E-state index in [1.807, 2.05) is 0 Å². The van der Waals surface area contributed by atoms with Gasteiger partial charge in [-0.05, 0) is 37.6 Å². The molecule has 14 heavy (non-hydrogen) atoms. The maximum absolute atomic E-state index is 10.5. The number of carbonyl (C=O) groups is 1. The van der Waals surface area contributed by atoms with Gasteiger partial charge in [0.15, 0.2) is 0 Å². The average Bonchev–Trinajstić information content (AvgIpc) is 2.12. The Morgan fingerprint density at radius 3 is 2.57 bits per heavy atom. The van der Waals surface area contributed by atoms with Gasteiger partial charge in [-0.2, -0.15) is 0 Å². The summed E-state index contributed by atoms with van der Waals surface area (Å²) in [5.41, 5.74) is 5.49. The first kappa shape index (κ1) is 13.4. The fourth-order valence-corrected chi connectivity index (χ4v) is 1.64. The molecule has 4 heteroatoms. The molecular formula is C10H21NO3. The normalized spacial score (nSPS) is 15.1. The molecule has 0 heterocycles. The van der Waals surface area contributed by atoms with E-state index in [2.05, 4.69) is 6.92 Å². The van der Waals surface area contributed by atoms with Gasteiger partial charge in [-0.3, -0.25) is 4.79 Å². The monoisotopic (exact) mass is 203 g/mol. The minimum absolute atomic E-state index is 0.0705. The minimum atomic E-state index is -0.783. The Bertz CT molecular complexity index is 161. The van der Waals surface area contributed by atoms with Crippen molar-refractivity contribution in [3.05, 3.63) is 0 Å². The predicted octanol–water partition coefficient (Wildman–Crippen LogP) is 0.835. The van der Waals surface area contributed by atoms with Crippen LogP contribution in [-0.2, 0) is 4.79 Å². The van der Waals surface area contributed by atoms with E-state index in [9.17, 15) is 4.79 Å². The SMILES string of the molecule is C[C@H](CCCO)C[C@H](CN)CC(=O)O. The van der Waals surface area contributed by atoms with E-state index < -0.39 is 5.97 Å². The number of rotatable bonds is 8. The van der Waals surface area contributed by atoms with Crippen LogP contribution < -0.4 is 5.73 Å². The maximum atomic E-state index is 10.5. The second-order valence-corrected chi connectivity index (χ2v) is 3.91. The average molecular weight is 203 g/mol. The third-order valence-electron chi connectivity index (χ3n) is 2.39. The topological polar surface area (TPSA) is 83.5 Å². The van der Waals surface area contributed by atoms with Gasteiger partial charge in [0.25, 0.3) is 0 Å². The molecule has 0 aliphatic rings. The van der Waals surface area contributed by atoms with E-state index in [4.69, 9.17) is 15.9 Å². The summed E-state index contributed by atoms with van der Waals surface area (Å²) < 4.78 is 0. The first-order valence-corrected chi connectivity index (χ1v) is 5.12. The van der Waals surface area contributed by atoms with Crippen molar-refractivity contribution in [1.29, 1.82) is 0 Å². The number of hydrogen-bond acceptors (Lipinski definition) is 3. The van der Waals surface area contributed by atoms with Gasteiger partial charge in [-0.15, -0.1) is 0 Å². The van der Waals surface area contributed by atoms with Crippen molar-refractivity contribution in [2.75, 3.05) is 13.2 Å². The molecule has 0 fully saturated rings. The third-order valence-corrected chi connectivity index (χ3v) is 2.39. The Hall–Kier alpha value is -0.610. The van der Waals surface area contributed by atoms with Gasteiger partial charge in [0.05, 0.1) is 0 Å². The predicted molar refractivity (Wildman–Crippen MR) is 54.9 cm³/mol. The molecule has 0 saturated carbocycles. The first-order chi connectivity index (χ1) is 6.60. The molecule has 84 valence electrons. The lowest BCUT2D eigenvalue weighted by Crippen LogP contribution is -2.20. The molecule has 0 aromatic heterocycles. The summed E-state index contributed by atoms with van der Waals surface area (Å²) in [5.74, 6) is -0.272. The van der Waals surface area contributed by atoms with Crippen molar-refractivity contribution in [1.82, 2.24) is 0 Å². The second-order valence-electron chi connectivity index (χ2n) is 3.91. The Morgan fingerprint density at radius 2 is 2.14 bits per heavy atom. The lowest BCUT2D eigenvalue weighted by Gasteiger charge is -2.17. The molecule has 0 bridgehead atoms. The molecular weight excluding hydrogens is 182 g/mol. The van der Waals surface area contributed by atoms with E-state index >= 15 is 0 Å². The Balaban J connectivity index is 3.73. The molecule has 0 aromatic carbocycles. The van der Waals surface area contributed by atoms with Crippen molar-refractivity contribution < 1.29 is 15.0 Å².